The van der Waals surface area contributed by atoms with Gasteiger partial charge in [-0.25, -0.2) is 0 Å². The third kappa shape index (κ3) is 59.9. The molecule has 0 saturated carbocycles. The fourth-order valence-electron chi connectivity index (χ4n) is 9.25. The lowest BCUT2D eigenvalue weighted by molar-refractivity contribution is -0.167. The monoisotopic (exact) mass is 1020 g/mol. The normalized spacial score (nSPS) is 12.4. The predicted molar refractivity (Wildman–Crippen MR) is 316 cm³/mol. The Balaban J connectivity index is 4.02. The van der Waals surface area contributed by atoms with Crippen molar-refractivity contribution in [2.45, 2.75) is 335 Å². The summed E-state index contributed by atoms with van der Waals surface area (Å²) in [4.78, 5) is 38.0. The van der Waals surface area contributed by atoms with Crippen LogP contribution in [-0.2, 0) is 28.6 Å². The summed E-state index contributed by atoms with van der Waals surface area (Å²) >= 11 is 0. The number of carbonyl (C=O) groups excluding carboxylic acids is 3. The van der Waals surface area contributed by atoms with E-state index < -0.39 is 6.10 Å². The first kappa shape index (κ1) is 70.1. The quantitative estimate of drug-likeness (QED) is 0.0261. The SMILES string of the molecule is CC/C=C\C/C=C\C/C=C\CCCCCCCCCC(=O)OC(COC(=O)CCCCCCCCC)COC(=O)CCCCCCCCCCCCCCCCCCCCC/C=C\C/C=C\CCCCCCC. The van der Waals surface area contributed by atoms with Gasteiger partial charge in [0.15, 0.2) is 6.10 Å². The van der Waals surface area contributed by atoms with Gasteiger partial charge in [-0.15, -0.1) is 0 Å². The Kier molecular flexibility index (Phi) is 59.2. The van der Waals surface area contributed by atoms with E-state index in [-0.39, 0.29) is 31.1 Å². The zero-order valence-electron chi connectivity index (χ0n) is 48.7. The molecule has 6 heteroatoms. The summed E-state index contributed by atoms with van der Waals surface area (Å²) in [5.74, 6) is -0.877. The van der Waals surface area contributed by atoms with Crippen molar-refractivity contribution in [1.82, 2.24) is 0 Å². The minimum absolute atomic E-state index is 0.0748. The molecule has 0 N–H and O–H groups in total. The van der Waals surface area contributed by atoms with E-state index in [4.69, 9.17) is 14.2 Å². The van der Waals surface area contributed by atoms with Gasteiger partial charge in [-0.1, -0.05) is 287 Å². The lowest BCUT2D eigenvalue weighted by atomic mass is 10.0. The third-order valence-electron chi connectivity index (χ3n) is 14.0. The minimum atomic E-state index is -0.775. The Bertz CT molecular complexity index is 1310. The van der Waals surface area contributed by atoms with Crippen molar-refractivity contribution in [3.8, 4) is 0 Å². The van der Waals surface area contributed by atoms with Gasteiger partial charge in [0.05, 0.1) is 0 Å². The van der Waals surface area contributed by atoms with E-state index in [0.29, 0.717) is 19.3 Å². The van der Waals surface area contributed by atoms with Crippen LogP contribution in [0.1, 0.15) is 329 Å². The van der Waals surface area contributed by atoms with Gasteiger partial charge < -0.3 is 14.2 Å². The van der Waals surface area contributed by atoms with Crippen LogP contribution >= 0.6 is 0 Å². The number of ether oxygens (including phenoxy) is 3. The highest BCUT2D eigenvalue weighted by molar-refractivity contribution is 5.71. The van der Waals surface area contributed by atoms with Gasteiger partial charge in [-0.2, -0.15) is 0 Å². The molecule has 0 bridgehead atoms. The summed E-state index contributed by atoms with van der Waals surface area (Å²) in [6.07, 6.45) is 78.4. The molecule has 0 rings (SSSR count). The number of hydrogen-bond donors (Lipinski definition) is 0. The van der Waals surface area contributed by atoms with Crippen LogP contribution in [0.15, 0.2) is 60.8 Å². The summed E-state index contributed by atoms with van der Waals surface area (Å²) in [5, 5.41) is 0. The molecule has 0 fully saturated rings. The van der Waals surface area contributed by atoms with E-state index in [9.17, 15) is 14.4 Å². The molecule has 0 aromatic rings. The molecule has 0 aromatic heterocycles. The lowest BCUT2D eigenvalue weighted by Crippen LogP contribution is -2.30. The van der Waals surface area contributed by atoms with Gasteiger partial charge in [0.25, 0.3) is 0 Å². The van der Waals surface area contributed by atoms with Gasteiger partial charge >= 0.3 is 17.9 Å². The molecule has 0 spiro atoms. The second-order valence-electron chi connectivity index (χ2n) is 21.3. The second kappa shape index (κ2) is 61.7. The third-order valence-corrected chi connectivity index (χ3v) is 14.0. The molecule has 0 amide bonds. The van der Waals surface area contributed by atoms with Crippen LogP contribution in [0.2, 0.25) is 0 Å². The molecule has 73 heavy (non-hydrogen) atoms. The van der Waals surface area contributed by atoms with Crippen molar-refractivity contribution < 1.29 is 28.6 Å². The topological polar surface area (TPSA) is 78.9 Å². The number of hydrogen-bond acceptors (Lipinski definition) is 6. The molecule has 0 saturated heterocycles. The zero-order valence-corrected chi connectivity index (χ0v) is 48.7. The van der Waals surface area contributed by atoms with Gasteiger partial charge in [0, 0.05) is 19.3 Å². The zero-order chi connectivity index (χ0) is 52.9. The largest absolute Gasteiger partial charge is 0.462 e. The second-order valence-corrected chi connectivity index (χ2v) is 21.3. The highest BCUT2D eigenvalue weighted by Gasteiger charge is 2.19. The molecule has 0 aromatic carbocycles. The molecule has 1 atom stereocenters. The van der Waals surface area contributed by atoms with Crippen LogP contribution in [-0.4, -0.2) is 37.2 Å². The minimum Gasteiger partial charge on any atom is -0.462 e. The molecular weight excluding hydrogens is 901 g/mol. The molecular formula is C67H120O6. The fourth-order valence-corrected chi connectivity index (χ4v) is 9.25. The number of unbranched alkanes of at least 4 members (excludes halogenated alkanes) is 37. The van der Waals surface area contributed by atoms with Crippen LogP contribution < -0.4 is 0 Å². The Morgan fingerprint density at radius 2 is 0.534 bits per heavy atom. The molecule has 0 radical (unpaired) electrons. The first-order valence-electron chi connectivity index (χ1n) is 31.8. The van der Waals surface area contributed by atoms with Crippen LogP contribution in [0.5, 0.6) is 0 Å². The van der Waals surface area contributed by atoms with Gasteiger partial charge in [-0.05, 0) is 83.5 Å². The summed E-state index contributed by atoms with van der Waals surface area (Å²) < 4.78 is 16.8. The van der Waals surface area contributed by atoms with Gasteiger partial charge in [0.2, 0.25) is 0 Å². The van der Waals surface area contributed by atoms with E-state index in [0.717, 1.165) is 89.9 Å². The Morgan fingerprint density at radius 1 is 0.288 bits per heavy atom. The summed E-state index contributed by atoms with van der Waals surface area (Å²) in [6, 6.07) is 0. The predicted octanol–water partition coefficient (Wildman–Crippen LogP) is 21.6. The van der Waals surface area contributed by atoms with E-state index in [1.54, 1.807) is 0 Å². The number of rotatable bonds is 58. The fraction of sp³-hybridized carbons (Fsp3) is 0.806. The molecule has 424 valence electrons. The van der Waals surface area contributed by atoms with Crippen molar-refractivity contribution in [3.63, 3.8) is 0 Å². The molecule has 0 heterocycles. The maximum Gasteiger partial charge on any atom is 0.306 e. The summed E-state index contributed by atoms with van der Waals surface area (Å²) in [7, 11) is 0. The molecule has 0 aliphatic carbocycles. The van der Waals surface area contributed by atoms with Gasteiger partial charge in [-0.3, -0.25) is 14.4 Å². The van der Waals surface area contributed by atoms with E-state index >= 15 is 0 Å². The maximum absolute atomic E-state index is 12.8. The molecule has 6 nitrogen and oxygen atoms in total. The van der Waals surface area contributed by atoms with E-state index in [1.807, 2.05) is 0 Å². The lowest BCUT2D eigenvalue weighted by Gasteiger charge is -2.18. The number of esters is 3. The highest BCUT2D eigenvalue weighted by Crippen LogP contribution is 2.17. The van der Waals surface area contributed by atoms with Crippen LogP contribution in [0.25, 0.3) is 0 Å². The summed E-state index contributed by atoms with van der Waals surface area (Å²) in [5.41, 5.74) is 0. The first-order chi connectivity index (χ1) is 36.0. The Hall–Kier alpha value is -2.89. The van der Waals surface area contributed by atoms with Crippen molar-refractivity contribution in [3.05, 3.63) is 60.8 Å². The highest BCUT2D eigenvalue weighted by atomic mass is 16.6. The standard InChI is InChI=1S/C67H120O6/c1-4-7-10-13-16-18-20-22-24-26-27-28-29-30-31-32-33-34-35-36-37-38-39-41-42-44-46-48-51-54-57-60-66(69)72-63-64(62-71-65(68)59-56-53-50-15-12-9-6-3)73-67(70)61-58-55-52-49-47-45-43-40-25-23-21-19-17-14-11-8-5-2/h8,11,17,19-20,22-23,25-27,64H,4-7,9-10,12-16,18,21,24,28-63H2,1-3H3/b11-8-,19-17-,22-20-,25-23-,27-26-. The average Bonchev–Trinajstić information content (AvgIpc) is 3.39. The van der Waals surface area contributed by atoms with E-state index in [1.165, 1.54) is 199 Å². The summed E-state index contributed by atoms with van der Waals surface area (Å²) in [6.45, 7) is 6.50. The van der Waals surface area contributed by atoms with Crippen molar-refractivity contribution in [1.29, 1.82) is 0 Å². The first-order valence-corrected chi connectivity index (χ1v) is 31.8. The van der Waals surface area contributed by atoms with Crippen LogP contribution in [0.4, 0.5) is 0 Å². The van der Waals surface area contributed by atoms with Gasteiger partial charge in [0.1, 0.15) is 13.2 Å². The molecule has 0 aliphatic heterocycles. The van der Waals surface area contributed by atoms with Crippen LogP contribution in [0.3, 0.4) is 0 Å². The maximum atomic E-state index is 12.8. The van der Waals surface area contributed by atoms with Crippen molar-refractivity contribution in [2.24, 2.45) is 0 Å². The van der Waals surface area contributed by atoms with Crippen LogP contribution in [0, 0.1) is 0 Å². The van der Waals surface area contributed by atoms with Crippen molar-refractivity contribution in [2.75, 3.05) is 13.2 Å². The molecule has 0 aliphatic rings. The number of allylic oxidation sites excluding steroid dienone is 10. The number of carbonyl (C=O) groups is 3. The Labute approximate surface area is 453 Å². The van der Waals surface area contributed by atoms with E-state index in [2.05, 4.69) is 81.5 Å². The average molecular weight is 1020 g/mol. The smallest absolute Gasteiger partial charge is 0.306 e. The molecule has 1 unspecified atom stereocenters. The van der Waals surface area contributed by atoms with Crippen molar-refractivity contribution >= 4 is 17.9 Å². The Morgan fingerprint density at radius 3 is 0.836 bits per heavy atom.